The summed E-state index contributed by atoms with van der Waals surface area (Å²) in [5.41, 5.74) is 1.25. The van der Waals surface area contributed by atoms with Crippen molar-refractivity contribution in [2.75, 3.05) is 41.2 Å². The molecule has 0 radical (unpaired) electrons. The molecule has 4 aliphatic rings. The molecule has 0 aromatic rings. The molecule has 0 spiro atoms. The number of carbonyl (C=O) groups is 5. The summed E-state index contributed by atoms with van der Waals surface area (Å²) >= 11 is 0. The van der Waals surface area contributed by atoms with Gasteiger partial charge < -0.3 is 43.3 Å². The van der Waals surface area contributed by atoms with Gasteiger partial charge >= 0.3 is 5.97 Å². The van der Waals surface area contributed by atoms with Crippen molar-refractivity contribution in [3.05, 3.63) is 47.6 Å². The number of amides is 1. The molecule has 2 bridgehead atoms. The second-order valence-electron chi connectivity index (χ2n) is 20.9. The summed E-state index contributed by atoms with van der Waals surface area (Å²) < 4.78 is 48.2. The summed E-state index contributed by atoms with van der Waals surface area (Å²) in [5, 5.41) is 23.5. The number of hydrogen-bond donors (Lipinski definition) is 2. The number of cyclic esters (lactones) is 1. The highest BCUT2D eigenvalue weighted by atomic mass is 31.2. The maximum absolute atomic E-state index is 14.5. The molecule has 1 aliphatic carbocycles. The molecule has 69 heavy (non-hydrogen) atoms. The quantitative estimate of drug-likeness (QED) is 0.104. The first-order valence-corrected chi connectivity index (χ1v) is 27.7. The SMILES string of the molecule is CO[C@@H]1C(=O)[C@@H](C)C[C@H](C)/C=C/C=C/C=C(\C)[C@H](OC)C[C@H]2CC[C@H](C)[C@@](O)(O2)C(=O)C(=O)N2CCCC[C@@H]2C(=O)O[C@H]([C@H](C)C[C@@H]2CC[C@H](OP(C)(C)=O)[C@H](OC)C2)CC(=O)[C@H](C)/C=C(\C)[C@@H]1O. The van der Waals surface area contributed by atoms with Gasteiger partial charge in [-0.05, 0) is 107 Å². The predicted molar refractivity (Wildman–Crippen MR) is 263 cm³/mol. The van der Waals surface area contributed by atoms with E-state index in [-0.39, 0.29) is 60.9 Å². The summed E-state index contributed by atoms with van der Waals surface area (Å²) in [6, 6.07) is -1.16. The predicted octanol–water partition coefficient (Wildman–Crippen LogP) is 7.74. The normalized spacial score (nSPS) is 39.0. The van der Waals surface area contributed by atoms with Gasteiger partial charge in [0.2, 0.25) is 5.79 Å². The zero-order valence-corrected chi connectivity index (χ0v) is 44.3. The van der Waals surface area contributed by atoms with Crippen molar-refractivity contribution in [1.29, 1.82) is 0 Å². The van der Waals surface area contributed by atoms with Gasteiger partial charge in [0.1, 0.15) is 30.1 Å². The van der Waals surface area contributed by atoms with E-state index in [1.165, 1.54) is 12.0 Å². The van der Waals surface area contributed by atoms with Gasteiger partial charge in [-0.25, -0.2) is 4.79 Å². The Morgan fingerprint density at radius 1 is 0.855 bits per heavy atom. The van der Waals surface area contributed by atoms with E-state index in [1.807, 2.05) is 58.1 Å². The Labute approximate surface area is 411 Å². The van der Waals surface area contributed by atoms with Gasteiger partial charge in [-0.2, -0.15) is 0 Å². The molecular formula is C53H84NO14P. The number of fused-ring (bicyclic) bond motifs is 3. The second-order valence-corrected chi connectivity index (χ2v) is 23.6. The lowest BCUT2D eigenvalue weighted by atomic mass is 9.78. The smallest absolute Gasteiger partial charge is 0.329 e. The van der Waals surface area contributed by atoms with Crippen molar-refractivity contribution in [1.82, 2.24) is 4.90 Å². The number of aliphatic hydroxyl groups is 2. The molecule has 2 N–H and O–H groups in total. The molecule has 15 atom stereocenters. The van der Waals surface area contributed by atoms with Gasteiger partial charge in [0.15, 0.2) is 13.2 Å². The molecule has 4 rings (SSSR count). The minimum atomic E-state index is -2.79. The van der Waals surface area contributed by atoms with E-state index < -0.39 is 85.1 Å². The Morgan fingerprint density at radius 2 is 1.57 bits per heavy atom. The summed E-state index contributed by atoms with van der Waals surface area (Å²) in [5.74, 6) is -8.11. The number of piperidine rings is 1. The lowest BCUT2D eigenvalue weighted by molar-refractivity contribution is -0.265. The van der Waals surface area contributed by atoms with E-state index in [4.69, 9.17) is 28.2 Å². The van der Waals surface area contributed by atoms with Crippen molar-refractivity contribution in [2.24, 2.45) is 35.5 Å². The van der Waals surface area contributed by atoms with Crippen LogP contribution in [0, 0.1) is 35.5 Å². The Hall–Kier alpha value is -3.14. The van der Waals surface area contributed by atoms with Gasteiger partial charge in [0, 0.05) is 71.8 Å². The number of nitrogens with zero attached hydrogens (tertiary/aromatic N) is 1. The van der Waals surface area contributed by atoms with E-state index in [0.717, 1.165) is 12.0 Å². The van der Waals surface area contributed by atoms with E-state index in [1.54, 1.807) is 54.4 Å². The first kappa shape index (κ1) is 58.4. The highest BCUT2D eigenvalue weighted by molar-refractivity contribution is 7.57. The third-order valence-electron chi connectivity index (χ3n) is 14.8. The number of ketones is 3. The van der Waals surface area contributed by atoms with Crippen LogP contribution in [0.15, 0.2) is 47.6 Å². The number of methoxy groups -OCH3 is 3. The van der Waals surface area contributed by atoms with Crippen LogP contribution in [0.3, 0.4) is 0 Å². The third kappa shape index (κ3) is 16.2. The van der Waals surface area contributed by atoms with Crippen LogP contribution >= 0.6 is 7.37 Å². The van der Waals surface area contributed by atoms with Crippen LogP contribution in [-0.2, 0) is 56.7 Å². The number of Topliss-reactive ketones (excluding diaryl/α,β-unsaturated/α-hetero) is 3. The van der Waals surface area contributed by atoms with Gasteiger partial charge in [-0.1, -0.05) is 71.1 Å². The van der Waals surface area contributed by atoms with E-state index in [0.29, 0.717) is 63.4 Å². The van der Waals surface area contributed by atoms with Gasteiger partial charge in [-0.15, -0.1) is 0 Å². The van der Waals surface area contributed by atoms with Crippen molar-refractivity contribution in [3.63, 3.8) is 0 Å². The highest BCUT2D eigenvalue weighted by Crippen LogP contribution is 2.45. The maximum Gasteiger partial charge on any atom is 0.329 e. The molecule has 3 fully saturated rings. The average Bonchev–Trinajstić information content (AvgIpc) is 3.30. The van der Waals surface area contributed by atoms with Crippen LogP contribution in [0.25, 0.3) is 0 Å². The number of aliphatic hydroxyl groups excluding tert-OH is 1. The molecule has 1 amide bonds. The first-order chi connectivity index (χ1) is 32.4. The monoisotopic (exact) mass is 990 g/mol. The number of allylic oxidation sites excluding steroid dienone is 6. The zero-order chi connectivity index (χ0) is 51.4. The van der Waals surface area contributed by atoms with E-state index in [2.05, 4.69) is 0 Å². The van der Waals surface area contributed by atoms with Crippen LogP contribution in [0.4, 0.5) is 0 Å². The number of hydrogen-bond acceptors (Lipinski definition) is 14. The molecule has 390 valence electrons. The lowest BCUT2D eigenvalue weighted by Gasteiger charge is -2.42. The van der Waals surface area contributed by atoms with Crippen LogP contribution in [0.5, 0.6) is 0 Å². The summed E-state index contributed by atoms with van der Waals surface area (Å²) in [6.07, 6.45) is 11.4. The van der Waals surface area contributed by atoms with Crippen LogP contribution in [-0.4, -0.2) is 140 Å². The molecule has 3 aliphatic heterocycles. The van der Waals surface area contributed by atoms with Crippen molar-refractivity contribution in [3.8, 4) is 0 Å². The van der Waals surface area contributed by atoms with Gasteiger partial charge in [-0.3, -0.25) is 23.7 Å². The lowest BCUT2D eigenvalue weighted by Crippen LogP contribution is -2.61. The van der Waals surface area contributed by atoms with Crippen LogP contribution < -0.4 is 0 Å². The summed E-state index contributed by atoms with van der Waals surface area (Å²) in [7, 11) is 1.76. The average molecular weight is 990 g/mol. The molecule has 2 saturated heterocycles. The fourth-order valence-electron chi connectivity index (χ4n) is 10.5. The Bertz CT molecular complexity index is 1940. The van der Waals surface area contributed by atoms with E-state index in [9.17, 15) is 38.8 Å². The van der Waals surface area contributed by atoms with E-state index >= 15 is 0 Å². The number of rotatable bonds is 8. The topological polar surface area (TPSA) is 201 Å². The largest absolute Gasteiger partial charge is 0.460 e. The van der Waals surface area contributed by atoms with Crippen molar-refractivity contribution in [2.45, 2.75) is 180 Å². The summed E-state index contributed by atoms with van der Waals surface area (Å²) in [4.78, 5) is 72.2. The van der Waals surface area contributed by atoms with Gasteiger partial charge in [0.25, 0.3) is 11.7 Å². The highest BCUT2D eigenvalue weighted by Gasteiger charge is 2.53. The summed E-state index contributed by atoms with van der Waals surface area (Å²) in [6.45, 7) is 15.9. The minimum absolute atomic E-state index is 0.0117. The first-order valence-electron chi connectivity index (χ1n) is 25.2. The zero-order valence-electron chi connectivity index (χ0n) is 43.4. The molecule has 0 aromatic carbocycles. The Balaban J connectivity index is 1.70. The van der Waals surface area contributed by atoms with Crippen molar-refractivity contribution < 1.29 is 67.0 Å². The fourth-order valence-corrected chi connectivity index (χ4v) is 11.4. The Morgan fingerprint density at radius 3 is 2.22 bits per heavy atom. The second kappa shape index (κ2) is 26.5. The van der Waals surface area contributed by atoms with Crippen LogP contribution in [0.1, 0.15) is 126 Å². The molecule has 0 unspecified atom stereocenters. The molecule has 1 saturated carbocycles. The van der Waals surface area contributed by atoms with Gasteiger partial charge in [0.05, 0.1) is 24.4 Å². The maximum atomic E-state index is 14.5. The number of esters is 1. The van der Waals surface area contributed by atoms with Crippen LogP contribution in [0.2, 0.25) is 0 Å². The van der Waals surface area contributed by atoms with Crippen molar-refractivity contribution >= 4 is 36.6 Å². The fraction of sp³-hybridized carbons (Fsp3) is 0.755. The minimum Gasteiger partial charge on any atom is -0.460 e. The molecule has 0 aromatic heterocycles. The Kier molecular flexibility index (Phi) is 22.5. The molecule has 16 heteroatoms. The molecule has 3 heterocycles. The molecule has 15 nitrogen and oxygen atoms in total. The molecular weight excluding hydrogens is 906 g/mol. The number of carbonyl (C=O) groups excluding carboxylic acids is 5. The third-order valence-corrected chi connectivity index (χ3v) is 15.6. The number of ether oxygens (including phenoxy) is 5. The standard InChI is InChI=1S/C53H84NO14P/c1-32-18-14-13-15-19-33(2)44(63-8)30-40-23-21-38(7)53(61,67-40)50(58)51(59)54-25-17-16-20-41(54)52(60)66-45(35(4)28-39-22-24-43(46(29-39)64-9)68-69(11,12)62)31-42(55)34(3)27-37(6)48(57)49(65-10)47(56)36(5)26-32/h13-15,18-19,27,32,34-36,38-41,43-46,48-49,57,61H,16-17,20-26,28-31H2,1-12H3/b15-13+,18-14+,33-19+,37-27+/t32-,34-,35-,36+,38+,39+,40-,41-,43+,44-,45+,46-,48+,49-,53-/m1/s1.